The Morgan fingerprint density at radius 2 is 1.40 bits per heavy atom. The standard InChI is InChI=1S/C12H19N5O8/c13-5(1-7(14)18)11(24)15-3-8(19)17-6(2-9(20)21)12(25)16-4-10(22)23/h5-6H,1-4,13H2,(H2,14,18)(H,15,24)(H,16,25)(H,17,19)(H,20,21)(H,22,23). The molecule has 0 spiro atoms. The van der Waals surface area contributed by atoms with Crippen LogP contribution in [0.3, 0.4) is 0 Å². The lowest BCUT2D eigenvalue weighted by atomic mass is 10.2. The molecule has 0 aromatic heterocycles. The van der Waals surface area contributed by atoms with Crippen LogP contribution < -0.4 is 27.4 Å². The first-order valence-electron chi connectivity index (χ1n) is 6.85. The third-order valence-electron chi connectivity index (χ3n) is 2.63. The summed E-state index contributed by atoms with van der Waals surface area (Å²) in [7, 11) is 0. The first-order chi connectivity index (χ1) is 11.5. The van der Waals surface area contributed by atoms with E-state index in [1.54, 1.807) is 0 Å². The van der Waals surface area contributed by atoms with Gasteiger partial charge in [-0.1, -0.05) is 0 Å². The van der Waals surface area contributed by atoms with Gasteiger partial charge in [-0.05, 0) is 0 Å². The van der Waals surface area contributed by atoms with Crippen LogP contribution in [0.2, 0.25) is 0 Å². The smallest absolute Gasteiger partial charge is 0.322 e. The molecule has 4 amide bonds. The Morgan fingerprint density at radius 1 is 0.840 bits per heavy atom. The van der Waals surface area contributed by atoms with Gasteiger partial charge < -0.3 is 37.6 Å². The molecule has 0 heterocycles. The van der Waals surface area contributed by atoms with Crippen LogP contribution in [0.1, 0.15) is 12.8 Å². The molecule has 0 rings (SSSR count). The Labute approximate surface area is 141 Å². The second kappa shape index (κ2) is 10.5. The lowest BCUT2D eigenvalue weighted by molar-refractivity contribution is -0.141. The highest BCUT2D eigenvalue weighted by molar-refractivity contribution is 5.94. The normalized spacial score (nSPS) is 12.4. The van der Waals surface area contributed by atoms with Crippen LogP contribution in [0.15, 0.2) is 0 Å². The topological polar surface area (TPSA) is 231 Å². The van der Waals surface area contributed by atoms with Crippen LogP contribution in [-0.2, 0) is 28.8 Å². The van der Waals surface area contributed by atoms with E-state index < -0.39 is 73.6 Å². The second-order valence-electron chi connectivity index (χ2n) is 4.82. The van der Waals surface area contributed by atoms with E-state index in [9.17, 15) is 28.8 Å². The Hall–Kier alpha value is -3.22. The fourth-order valence-electron chi connectivity index (χ4n) is 1.52. The van der Waals surface area contributed by atoms with Crippen LogP contribution >= 0.6 is 0 Å². The zero-order chi connectivity index (χ0) is 19.6. The van der Waals surface area contributed by atoms with Crippen molar-refractivity contribution in [2.45, 2.75) is 24.9 Å². The maximum Gasteiger partial charge on any atom is 0.322 e. The molecular formula is C12H19N5O8. The van der Waals surface area contributed by atoms with Gasteiger partial charge in [0.25, 0.3) is 0 Å². The van der Waals surface area contributed by atoms with Gasteiger partial charge in [0.2, 0.25) is 23.6 Å². The van der Waals surface area contributed by atoms with Crippen LogP contribution in [0.25, 0.3) is 0 Å². The number of rotatable bonds is 11. The van der Waals surface area contributed by atoms with E-state index in [2.05, 4.69) is 5.32 Å². The number of amides is 4. The zero-order valence-corrected chi connectivity index (χ0v) is 13.0. The summed E-state index contributed by atoms with van der Waals surface area (Å²) in [6.45, 7) is -1.41. The molecule has 0 aromatic rings. The van der Waals surface area contributed by atoms with Gasteiger partial charge in [-0.15, -0.1) is 0 Å². The van der Waals surface area contributed by atoms with Gasteiger partial charge in [0.15, 0.2) is 0 Å². The Morgan fingerprint density at radius 3 is 1.88 bits per heavy atom. The summed E-state index contributed by atoms with van der Waals surface area (Å²) >= 11 is 0. The molecule has 0 bridgehead atoms. The minimum absolute atomic E-state index is 0.438. The largest absolute Gasteiger partial charge is 0.481 e. The number of carbonyl (C=O) groups is 6. The number of hydrogen-bond acceptors (Lipinski definition) is 7. The zero-order valence-electron chi connectivity index (χ0n) is 13.0. The van der Waals surface area contributed by atoms with E-state index >= 15 is 0 Å². The Balaban J connectivity index is 4.58. The molecule has 0 aliphatic heterocycles. The molecule has 9 N–H and O–H groups in total. The van der Waals surface area contributed by atoms with Crippen molar-refractivity contribution >= 4 is 35.6 Å². The molecule has 0 saturated carbocycles. The number of carbonyl (C=O) groups excluding carboxylic acids is 4. The number of carboxylic acid groups (broad SMARTS) is 2. The second-order valence-corrected chi connectivity index (χ2v) is 4.82. The molecule has 25 heavy (non-hydrogen) atoms. The summed E-state index contributed by atoms with van der Waals surface area (Å²) in [5.41, 5.74) is 10.2. The van der Waals surface area contributed by atoms with Crippen molar-refractivity contribution in [2.24, 2.45) is 11.5 Å². The highest BCUT2D eigenvalue weighted by Gasteiger charge is 2.24. The first kappa shape index (κ1) is 21.8. The van der Waals surface area contributed by atoms with E-state index in [0.29, 0.717) is 0 Å². The van der Waals surface area contributed by atoms with Gasteiger partial charge in [-0.25, -0.2) is 0 Å². The molecule has 0 radical (unpaired) electrons. The minimum atomic E-state index is -1.54. The van der Waals surface area contributed by atoms with Gasteiger partial charge in [0.05, 0.1) is 25.4 Å². The summed E-state index contributed by atoms with van der Waals surface area (Å²) in [6, 6.07) is -2.81. The monoisotopic (exact) mass is 361 g/mol. The molecular weight excluding hydrogens is 342 g/mol. The van der Waals surface area contributed by atoms with Crippen molar-refractivity contribution in [2.75, 3.05) is 13.1 Å². The molecule has 13 heteroatoms. The summed E-state index contributed by atoms with van der Waals surface area (Å²) in [6.07, 6.45) is -1.24. The SMILES string of the molecule is NC(=O)CC(N)C(=O)NCC(=O)NC(CC(=O)O)C(=O)NCC(=O)O. The van der Waals surface area contributed by atoms with E-state index in [4.69, 9.17) is 21.7 Å². The Kier molecular flexibility index (Phi) is 9.18. The van der Waals surface area contributed by atoms with Crippen LogP contribution in [0.5, 0.6) is 0 Å². The summed E-state index contributed by atoms with van der Waals surface area (Å²) < 4.78 is 0. The van der Waals surface area contributed by atoms with Crippen LogP contribution in [0.4, 0.5) is 0 Å². The number of hydrogen-bond donors (Lipinski definition) is 7. The maximum absolute atomic E-state index is 11.7. The van der Waals surface area contributed by atoms with Gasteiger partial charge >= 0.3 is 11.9 Å². The predicted octanol–water partition coefficient (Wildman–Crippen LogP) is -4.53. The van der Waals surface area contributed by atoms with Crippen LogP contribution in [-0.4, -0.2) is 71.0 Å². The summed E-state index contributed by atoms with van der Waals surface area (Å²) in [5.74, 6) is -6.37. The van der Waals surface area contributed by atoms with Gasteiger partial charge in [-0.3, -0.25) is 28.8 Å². The van der Waals surface area contributed by atoms with Crippen LogP contribution in [0, 0.1) is 0 Å². The van der Waals surface area contributed by atoms with Crippen molar-refractivity contribution < 1.29 is 39.0 Å². The third kappa shape index (κ3) is 10.2. The minimum Gasteiger partial charge on any atom is -0.481 e. The van der Waals surface area contributed by atoms with E-state index in [1.807, 2.05) is 10.6 Å². The number of carboxylic acids is 2. The van der Waals surface area contributed by atoms with Crippen molar-refractivity contribution in [3.8, 4) is 0 Å². The predicted molar refractivity (Wildman–Crippen MR) is 79.6 cm³/mol. The lowest BCUT2D eigenvalue weighted by Crippen LogP contribution is -2.52. The maximum atomic E-state index is 11.7. The summed E-state index contributed by atoms with van der Waals surface area (Å²) in [5, 5.41) is 23.2. The lowest BCUT2D eigenvalue weighted by Gasteiger charge is -2.17. The van der Waals surface area contributed by atoms with Gasteiger partial charge in [0, 0.05) is 0 Å². The quantitative estimate of drug-likeness (QED) is 0.187. The number of primary amides is 1. The fraction of sp³-hybridized carbons (Fsp3) is 0.500. The van der Waals surface area contributed by atoms with Crippen molar-refractivity contribution in [1.29, 1.82) is 0 Å². The number of aliphatic carboxylic acids is 2. The number of nitrogens with one attached hydrogen (secondary N) is 3. The molecule has 0 fully saturated rings. The average molecular weight is 361 g/mol. The molecule has 2 unspecified atom stereocenters. The number of nitrogens with two attached hydrogens (primary N) is 2. The first-order valence-corrected chi connectivity index (χ1v) is 6.85. The molecule has 2 atom stereocenters. The summed E-state index contributed by atoms with van der Waals surface area (Å²) in [4.78, 5) is 66.6. The van der Waals surface area contributed by atoms with Gasteiger partial charge in [0.1, 0.15) is 12.6 Å². The average Bonchev–Trinajstić information content (AvgIpc) is 2.48. The van der Waals surface area contributed by atoms with E-state index in [-0.39, 0.29) is 0 Å². The Bertz CT molecular complexity index is 564. The van der Waals surface area contributed by atoms with Crippen molar-refractivity contribution in [1.82, 2.24) is 16.0 Å². The van der Waals surface area contributed by atoms with E-state index in [1.165, 1.54) is 0 Å². The fourth-order valence-corrected chi connectivity index (χ4v) is 1.52. The van der Waals surface area contributed by atoms with E-state index in [0.717, 1.165) is 0 Å². The molecule has 0 aliphatic rings. The van der Waals surface area contributed by atoms with Gasteiger partial charge in [-0.2, -0.15) is 0 Å². The van der Waals surface area contributed by atoms with Crippen molar-refractivity contribution in [3.05, 3.63) is 0 Å². The highest BCUT2D eigenvalue weighted by atomic mass is 16.4. The molecule has 13 nitrogen and oxygen atoms in total. The van der Waals surface area contributed by atoms with Crippen molar-refractivity contribution in [3.63, 3.8) is 0 Å². The molecule has 0 aromatic carbocycles. The molecule has 0 aliphatic carbocycles. The third-order valence-corrected chi connectivity index (χ3v) is 2.63. The highest BCUT2D eigenvalue weighted by Crippen LogP contribution is 1.93. The molecule has 140 valence electrons. The molecule has 0 saturated heterocycles.